The van der Waals surface area contributed by atoms with Crippen molar-refractivity contribution in [2.45, 2.75) is 26.9 Å². The highest BCUT2D eigenvalue weighted by atomic mass is 16.1. The first-order chi connectivity index (χ1) is 26.4. The van der Waals surface area contributed by atoms with E-state index in [4.69, 9.17) is 0 Å². The molecule has 0 aliphatic heterocycles. The van der Waals surface area contributed by atoms with Crippen LogP contribution in [0.5, 0.6) is 0 Å². The Morgan fingerprint density at radius 2 is 1.11 bits per heavy atom. The van der Waals surface area contributed by atoms with Gasteiger partial charge in [-0.2, -0.15) is 9.97 Å². The fourth-order valence-electron chi connectivity index (χ4n) is 6.31. The van der Waals surface area contributed by atoms with Gasteiger partial charge >= 0.3 is 11.4 Å². The van der Waals surface area contributed by atoms with Gasteiger partial charge in [-0.15, -0.1) is 0 Å². The summed E-state index contributed by atoms with van der Waals surface area (Å²) in [5, 5.41) is 0. The first-order valence-corrected chi connectivity index (χ1v) is 16.9. The van der Waals surface area contributed by atoms with Gasteiger partial charge in [0.2, 0.25) is 11.9 Å². The Labute approximate surface area is 304 Å². The highest BCUT2D eigenvalue weighted by Crippen LogP contribution is 2.20. The van der Waals surface area contributed by atoms with Crippen LogP contribution in [-0.2, 0) is 13.1 Å². The Bertz CT molecular complexity index is 3080. The fraction of sp³-hybridized carbons (Fsp3) is 0.105. The van der Waals surface area contributed by atoms with E-state index in [2.05, 4.69) is 49.8 Å². The zero-order valence-electron chi connectivity index (χ0n) is 29.0. The lowest BCUT2D eigenvalue weighted by Crippen LogP contribution is -2.18. The van der Waals surface area contributed by atoms with E-state index < -0.39 is 0 Å². The third kappa shape index (κ3) is 5.96. The number of nitrogens with one attached hydrogen (secondary N) is 2. The predicted molar refractivity (Wildman–Crippen MR) is 202 cm³/mol. The summed E-state index contributed by atoms with van der Waals surface area (Å²) in [6.07, 6.45) is 13.5. The van der Waals surface area contributed by atoms with Gasteiger partial charge in [0, 0.05) is 24.8 Å². The third-order valence-corrected chi connectivity index (χ3v) is 8.96. The molecular formula is C38H30N14O2. The molecule has 8 heterocycles. The minimum Gasteiger partial charge on any atom is -0.303 e. The van der Waals surface area contributed by atoms with Crippen LogP contribution in [0.4, 0.5) is 0 Å². The number of aromatic nitrogens is 14. The predicted octanol–water partition coefficient (Wildman–Crippen LogP) is 4.42. The molecule has 10 rings (SSSR count). The van der Waals surface area contributed by atoms with E-state index in [0.29, 0.717) is 47.3 Å². The van der Waals surface area contributed by atoms with Crippen molar-refractivity contribution < 1.29 is 0 Å². The van der Waals surface area contributed by atoms with Gasteiger partial charge in [-0.25, -0.2) is 29.5 Å². The quantitative estimate of drug-likeness (QED) is 0.250. The number of rotatable bonds is 6. The SMILES string of the molecule is Cc1ccc2c(c1)ncn2-c1ncc2[nH]c(=O)n(Cc3cccnc3)c2n1.Cc1ccc2ncn(-c3ncc4[nH]c(=O)n(Cc5cccnc5)c4n3)c2c1. The summed E-state index contributed by atoms with van der Waals surface area (Å²) in [5.41, 5.74) is 9.49. The number of aromatic amines is 2. The molecule has 54 heavy (non-hydrogen) atoms. The van der Waals surface area contributed by atoms with Crippen molar-refractivity contribution in [3.05, 3.63) is 154 Å². The van der Waals surface area contributed by atoms with E-state index in [1.807, 2.05) is 83.6 Å². The van der Waals surface area contributed by atoms with E-state index in [1.54, 1.807) is 59.0 Å². The molecule has 0 unspecified atom stereocenters. The number of H-pyrrole nitrogens is 2. The highest BCUT2D eigenvalue weighted by Gasteiger charge is 2.15. The molecule has 0 amide bonds. The summed E-state index contributed by atoms with van der Waals surface area (Å²) >= 11 is 0. The topological polar surface area (TPSA) is 189 Å². The maximum absolute atomic E-state index is 12.4. The number of nitrogens with zero attached hydrogens (tertiary/aromatic N) is 12. The number of imidazole rings is 4. The van der Waals surface area contributed by atoms with E-state index in [-0.39, 0.29) is 11.4 Å². The van der Waals surface area contributed by atoms with Crippen LogP contribution in [0.3, 0.4) is 0 Å². The van der Waals surface area contributed by atoms with Gasteiger partial charge in [0.15, 0.2) is 11.3 Å². The van der Waals surface area contributed by atoms with Gasteiger partial charge < -0.3 is 9.97 Å². The van der Waals surface area contributed by atoms with Gasteiger partial charge in [-0.05, 0) is 72.5 Å². The molecule has 0 aliphatic carbocycles. The number of hydrogen-bond donors (Lipinski definition) is 2. The molecule has 10 aromatic rings. The van der Waals surface area contributed by atoms with Crippen molar-refractivity contribution in [3.8, 4) is 11.9 Å². The zero-order valence-corrected chi connectivity index (χ0v) is 29.0. The van der Waals surface area contributed by atoms with Crippen LogP contribution in [0.25, 0.3) is 56.3 Å². The van der Waals surface area contributed by atoms with Crippen molar-refractivity contribution in [1.29, 1.82) is 0 Å². The summed E-state index contributed by atoms with van der Waals surface area (Å²) in [5.74, 6) is 0.933. The average Bonchev–Trinajstić information content (AvgIpc) is 3.95. The van der Waals surface area contributed by atoms with Crippen molar-refractivity contribution in [3.63, 3.8) is 0 Å². The Kier molecular flexibility index (Phi) is 7.88. The largest absolute Gasteiger partial charge is 0.328 e. The lowest BCUT2D eigenvalue weighted by molar-refractivity contribution is 0.771. The molecule has 0 fully saturated rings. The monoisotopic (exact) mass is 714 g/mol. The maximum atomic E-state index is 12.4. The first kappa shape index (κ1) is 32.3. The molecule has 2 N–H and O–H groups in total. The second kappa shape index (κ2) is 13.2. The fourth-order valence-corrected chi connectivity index (χ4v) is 6.31. The van der Waals surface area contributed by atoms with E-state index >= 15 is 0 Å². The summed E-state index contributed by atoms with van der Waals surface area (Å²) in [6, 6.07) is 19.6. The van der Waals surface area contributed by atoms with Crippen LogP contribution in [0.15, 0.2) is 120 Å². The Morgan fingerprint density at radius 1 is 0.574 bits per heavy atom. The van der Waals surface area contributed by atoms with Crippen molar-refractivity contribution >= 4 is 44.4 Å². The molecule has 0 saturated carbocycles. The summed E-state index contributed by atoms with van der Waals surface area (Å²) < 4.78 is 6.82. The molecule has 16 nitrogen and oxygen atoms in total. The van der Waals surface area contributed by atoms with Gasteiger partial charge in [0.25, 0.3) is 0 Å². The minimum atomic E-state index is -0.230. The first-order valence-electron chi connectivity index (χ1n) is 16.9. The van der Waals surface area contributed by atoms with Crippen molar-refractivity contribution in [2.75, 3.05) is 0 Å². The van der Waals surface area contributed by atoms with Crippen LogP contribution in [0, 0.1) is 13.8 Å². The number of aryl methyl sites for hydroxylation is 2. The van der Waals surface area contributed by atoms with Crippen molar-refractivity contribution in [1.82, 2.24) is 68.1 Å². The smallest absolute Gasteiger partial charge is 0.303 e. The average molecular weight is 715 g/mol. The van der Waals surface area contributed by atoms with Gasteiger partial charge in [0.05, 0.1) is 47.6 Å². The molecule has 0 radical (unpaired) electrons. The lowest BCUT2D eigenvalue weighted by atomic mass is 10.2. The van der Waals surface area contributed by atoms with Gasteiger partial charge in [-0.1, -0.05) is 24.3 Å². The Morgan fingerprint density at radius 3 is 1.69 bits per heavy atom. The normalized spacial score (nSPS) is 11.4. The van der Waals surface area contributed by atoms with Crippen LogP contribution in [-0.4, -0.2) is 68.1 Å². The zero-order chi connectivity index (χ0) is 36.8. The maximum Gasteiger partial charge on any atom is 0.328 e. The molecule has 0 atom stereocenters. The van der Waals surface area contributed by atoms with Gasteiger partial charge in [-0.3, -0.25) is 28.2 Å². The second-order valence-electron chi connectivity index (χ2n) is 12.8. The number of benzene rings is 2. The molecule has 0 spiro atoms. The summed E-state index contributed by atoms with van der Waals surface area (Å²) in [4.78, 5) is 65.5. The summed E-state index contributed by atoms with van der Waals surface area (Å²) in [6.45, 7) is 4.82. The minimum absolute atomic E-state index is 0.230. The van der Waals surface area contributed by atoms with E-state index in [9.17, 15) is 9.59 Å². The lowest BCUT2D eigenvalue weighted by Gasteiger charge is -2.05. The molecule has 2 aromatic carbocycles. The van der Waals surface area contributed by atoms with Gasteiger partial charge in [0.1, 0.15) is 23.7 Å². The Balaban J connectivity index is 0.000000142. The summed E-state index contributed by atoms with van der Waals surface area (Å²) in [7, 11) is 0. The second-order valence-corrected chi connectivity index (χ2v) is 12.8. The molecule has 0 saturated heterocycles. The molecule has 0 aliphatic rings. The molecular weight excluding hydrogens is 685 g/mol. The highest BCUT2D eigenvalue weighted by molar-refractivity contribution is 5.79. The van der Waals surface area contributed by atoms with Crippen LogP contribution in [0.1, 0.15) is 22.3 Å². The number of fused-ring (bicyclic) bond motifs is 4. The number of hydrogen-bond acceptors (Lipinski definition) is 10. The molecule has 16 heteroatoms. The van der Waals surface area contributed by atoms with Crippen molar-refractivity contribution in [2.24, 2.45) is 0 Å². The van der Waals surface area contributed by atoms with Crippen LogP contribution < -0.4 is 11.4 Å². The third-order valence-electron chi connectivity index (χ3n) is 8.96. The van der Waals surface area contributed by atoms with E-state index in [0.717, 1.165) is 44.3 Å². The molecule has 0 bridgehead atoms. The Hall–Kier alpha value is -7.62. The van der Waals surface area contributed by atoms with Crippen LogP contribution >= 0.6 is 0 Å². The van der Waals surface area contributed by atoms with E-state index in [1.165, 1.54) is 0 Å². The molecule has 8 aromatic heterocycles. The molecule has 264 valence electrons. The standard InChI is InChI=1S/2C19H15N7O/c1-12-4-5-16-14(7-12)22-11-26(16)18-21-9-15-17(24-18)25(19(27)23-15)10-13-3-2-6-20-8-13;1-12-4-5-14-16(7-12)26(11-22-14)18-21-9-15-17(24-18)25(19(27)23-15)10-13-3-2-6-20-8-13/h2*2-9,11H,10H2,1H3,(H,23,27). The number of pyridine rings is 2. The van der Waals surface area contributed by atoms with Crippen LogP contribution in [0.2, 0.25) is 0 Å².